The van der Waals surface area contributed by atoms with Crippen molar-refractivity contribution in [3.05, 3.63) is 0 Å². The smallest absolute Gasteiger partial charge is 0.324 e. The molecule has 2 rings (SSSR count). The molecule has 1 heterocycles. The van der Waals surface area contributed by atoms with Gasteiger partial charge >= 0.3 is 5.97 Å². The van der Waals surface area contributed by atoms with Gasteiger partial charge in [-0.25, -0.2) is 0 Å². The van der Waals surface area contributed by atoms with Crippen LogP contribution in [0.5, 0.6) is 0 Å². The van der Waals surface area contributed by atoms with E-state index < -0.39 is 11.5 Å². The van der Waals surface area contributed by atoms with E-state index in [9.17, 15) is 9.90 Å². The highest BCUT2D eigenvalue weighted by atomic mass is 16.5. The summed E-state index contributed by atoms with van der Waals surface area (Å²) in [5.41, 5.74) is 5.08. The molecule has 0 aromatic carbocycles. The Bertz CT molecular complexity index is 234. The molecule has 0 aromatic rings. The molecule has 1 aliphatic carbocycles. The lowest BCUT2D eigenvalue weighted by Crippen LogP contribution is -2.57. The van der Waals surface area contributed by atoms with Gasteiger partial charge in [0.25, 0.3) is 0 Å². The molecule has 3 N–H and O–H groups in total. The van der Waals surface area contributed by atoms with E-state index in [1.807, 2.05) is 0 Å². The Morgan fingerprint density at radius 1 is 1.21 bits per heavy atom. The van der Waals surface area contributed by atoms with Gasteiger partial charge in [0.1, 0.15) is 5.54 Å². The zero-order chi connectivity index (χ0) is 10.2. The Morgan fingerprint density at radius 2 is 1.71 bits per heavy atom. The standard InChI is InChI=1S/C10H17NO3/c11-10(9(12)13,7-1-2-7)8-3-5-14-6-4-8/h7-8H,1-6,11H2,(H,12,13). The number of carboxylic acids is 1. The average molecular weight is 199 g/mol. The molecule has 2 aliphatic rings. The summed E-state index contributed by atoms with van der Waals surface area (Å²) in [6.07, 6.45) is 3.53. The summed E-state index contributed by atoms with van der Waals surface area (Å²) >= 11 is 0. The first-order chi connectivity index (χ1) is 6.65. The Hall–Kier alpha value is -0.610. The second-order valence-corrected chi connectivity index (χ2v) is 4.40. The highest BCUT2D eigenvalue weighted by molar-refractivity contribution is 5.80. The maximum atomic E-state index is 11.2. The minimum absolute atomic E-state index is 0.0984. The molecular weight excluding hydrogens is 182 g/mol. The highest BCUT2D eigenvalue weighted by Gasteiger charge is 2.53. The van der Waals surface area contributed by atoms with Gasteiger partial charge < -0.3 is 15.6 Å². The summed E-state index contributed by atoms with van der Waals surface area (Å²) in [6, 6.07) is 0. The second-order valence-electron chi connectivity index (χ2n) is 4.40. The molecule has 2 fully saturated rings. The van der Waals surface area contributed by atoms with Crippen molar-refractivity contribution in [2.24, 2.45) is 17.6 Å². The van der Waals surface area contributed by atoms with Crippen molar-refractivity contribution in [3.63, 3.8) is 0 Å². The fourth-order valence-corrected chi connectivity index (χ4v) is 2.42. The van der Waals surface area contributed by atoms with E-state index in [1.165, 1.54) is 0 Å². The number of carboxylic acid groups (broad SMARTS) is 1. The molecule has 0 spiro atoms. The van der Waals surface area contributed by atoms with Crippen LogP contribution in [0.15, 0.2) is 0 Å². The van der Waals surface area contributed by atoms with Crippen LogP contribution in [0, 0.1) is 11.8 Å². The van der Waals surface area contributed by atoms with Crippen LogP contribution in [0.2, 0.25) is 0 Å². The molecule has 14 heavy (non-hydrogen) atoms. The molecule has 0 radical (unpaired) electrons. The van der Waals surface area contributed by atoms with Crippen molar-refractivity contribution in [1.82, 2.24) is 0 Å². The molecule has 1 aliphatic heterocycles. The van der Waals surface area contributed by atoms with Gasteiger partial charge in [0.2, 0.25) is 0 Å². The topological polar surface area (TPSA) is 72.6 Å². The second kappa shape index (κ2) is 3.51. The van der Waals surface area contributed by atoms with E-state index in [2.05, 4.69) is 0 Å². The van der Waals surface area contributed by atoms with Crippen molar-refractivity contribution in [3.8, 4) is 0 Å². The maximum Gasteiger partial charge on any atom is 0.324 e. The van der Waals surface area contributed by atoms with Gasteiger partial charge in [-0.15, -0.1) is 0 Å². The fourth-order valence-electron chi connectivity index (χ4n) is 2.42. The summed E-state index contributed by atoms with van der Waals surface area (Å²) in [6.45, 7) is 1.31. The van der Waals surface area contributed by atoms with Crippen LogP contribution in [0.3, 0.4) is 0 Å². The lowest BCUT2D eigenvalue weighted by molar-refractivity contribution is -0.148. The monoisotopic (exact) mass is 199 g/mol. The lowest BCUT2D eigenvalue weighted by Gasteiger charge is -2.36. The SMILES string of the molecule is NC(C(=O)O)(C1CCOCC1)C1CC1. The third-order valence-corrected chi connectivity index (χ3v) is 3.52. The lowest BCUT2D eigenvalue weighted by atomic mass is 9.76. The summed E-state index contributed by atoms with van der Waals surface area (Å²) in [5, 5.41) is 9.23. The van der Waals surface area contributed by atoms with Gasteiger partial charge in [-0.05, 0) is 37.5 Å². The van der Waals surface area contributed by atoms with E-state index in [4.69, 9.17) is 10.5 Å². The Balaban J connectivity index is 2.12. The van der Waals surface area contributed by atoms with Crippen LogP contribution in [0.4, 0.5) is 0 Å². The van der Waals surface area contributed by atoms with E-state index in [1.54, 1.807) is 0 Å². The number of hydrogen-bond donors (Lipinski definition) is 2. The third-order valence-electron chi connectivity index (χ3n) is 3.52. The third kappa shape index (κ3) is 1.53. The summed E-state index contributed by atoms with van der Waals surface area (Å²) in [4.78, 5) is 11.2. The van der Waals surface area contributed by atoms with Crippen LogP contribution in [-0.2, 0) is 9.53 Å². The summed E-state index contributed by atoms with van der Waals surface area (Å²) in [7, 11) is 0. The molecule has 1 atom stereocenters. The van der Waals surface area contributed by atoms with E-state index in [0.717, 1.165) is 25.7 Å². The molecule has 4 nitrogen and oxygen atoms in total. The molecule has 0 bridgehead atoms. The molecular formula is C10H17NO3. The van der Waals surface area contributed by atoms with Gasteiger partial charge in [-0.3, -0.25) is 4.79 Å². The van der Waals surface area contributed by atoms with Gasteiger partial charge in [0.15, 0.2) is 0 Å². The predicted octanol–water partition coefficient (Wildman–Crippen LogP) is 0.605. The molecule has 80 valence electrons. The van der Waals surface area contributed by atoms with Crippen LogP contribution in [0.1, 0.15) is 25.7 Å². The predicted molar refractivity (Wildman–Crippen MR) is 50.8 cm³/mol. The minimum atomic E-state index is -0.982. The van der Waals surface area contributed by atoms with Crippen LogP contribution in [0.25, 0.3) is 0 Å². The van der Waals surface area contributed by atoms with E-state index >= 15 is 0 Å². The summed E-state index contributed by atoms with van der Waals surface area (Å²) in [5.74, 6) is -0.531. The number of aliphatic carboxylic acids is 1. The first-order valence-electron chi connectivity index (χ1n) is 5.25. The Kier molecular flexibility index (Phi) is 2.49. The molecule has 0 aromatic heterocycles. The van der Waals surface area contributed by atoms with Crippen molar-refractivity contribution < 1.29 is 14.6 Å². The van der Waals surface area contributed by atoms with Crippen LogP contribution >= 0.6 is 0 Å². The van der Waals surface area contributed by atoms with Gasteiger partial charge in [0.05, 0.1) is 0 Å². The van der Waals surface area contributed by atoms with Gasteiger partial charge in [-0.2, -0.15) is 0 Å². The highest BCUT2D eigenvalue weighted by Crippen LogP contribution is 2.44. The van der Waals surface area contributed by atoms with Crippen molar-refractivity contribution >= 4 is 5.97 Å². The number of rotatable bonds is 3. The zero-order valence-corrected chi connectivity index (χ0v) is 8.24. The van der Waals surface area contributed by atoms with Crippen LogP contribution < -0.4 is 5.73 Å². The first-order valence-corrected chi connectivity index (χ1v) is 5.25. The maximum absolute atomic E-state index is 11.2. The Labute approximate surface area is 83.4 Å². The van der Waals surface area contributed by atoms with Crippen molar-refractivity contribution in [2.75, 3.05) is 13.2 Å². The fraction of sp³-hybridized carbons (Fsp3) is 0.900. The quantitative estimate of drug-likeness (QED) is 0.698. The van der Waals surface area contributed by atoms with Crippen molar-refractivity contribution in [2.45, 2.75) is 31.2 Å². The molecule has 1 saturated heterocycles. The normalized spacial score (nSPS) is 28.4. The number of carbonyl (C=O) groups is 1. The average Bonchev–Trinajstić information content (AvgIpc) is 3.01. The van der Waals surface area contributed by atoms with Gasteiger partial charge in [-0.1, -0.05) is 0 Å². The molecule has 1 saturated carbocycles. The molecule has 0 amide bonds. The molecule has 4 heteroatoms. The first kappa shape index (κ1) is 9.93. The number of hydrogen-bond acceptors (Lipinski definition) is 3. The van der Waals surface area contributed by atoms with E-state index in [0.29, 0.717) is 13.2 Å². The van der Waals surface area contributed by atoms with Gasteiger partial charge in [0, 0.05) is 13.2 Å². The zero-order valence-electron chi connectivity index (χ0n) is 8.24. The Morgan fingerprint density at radius 3 is 2.14 bits per heavy atom. The minimum Gasteiger partial charge on any atom is -0.480 e. The number of ether oxygens (including phenoxy) is 1. The van der Waals surface area contributed by atoms with E-state index in [-0.39, 0.29) is 11.8 Å². The number of nitrogens with two attached hydrogens (primary N) is 1. The van der Waals surface area contributed by atoms with Crippen LogP contribution in [-0.4, -0.2) is 29.8 Å². The largest absolute Gasteiger partial charge is 0.480 e. The van der Waals surface area contributed by atoms with Crippen molar-refractivity contribution in [1.29, 1.82) is 0 Å². The summed E-state index contributed by atoms with van der Waals surface area (Å²) < 4.78 is 5.23. The molecule has 1 unspecified atom stereocenters.